The lowest BCUT2D eigenvalue weighted by Crippen LogP contribution is -2.25. The van der Waals surface area contributed by atoms with Crippen LogP contribution in [0, 0.1) is 6.92 Å². The van der Waals surface area contributed by atoms with E-state index in [1.807, 2.05) is 62.4 Å². The Morgan fingerprint density at radius 3 is 2.63 bits per heavy atom. The van der Waals surface area contributed by atoms with E-state index < -0.39 is 0 Å². The first kappa shape index (κ1) is 21.0. The molecular weight excluding hydrogens is 439 g/mol. The average molecular weight is 459 g/mol. The monoisotopic (exact) mass is 458 g/mol. The predicted molar refractivity (Wildman–Crippen MR) is 124 cm³/mol. The third-order valence-electron chi connectivity index (χ3n) is 4.82. The summed E-state index contributed by atoms with van der Waals surface area (Å²) in [5.74, 6) is 0.641. The van der Waals surface area contributed by atoms with Crippen LogP contribution in [0.1, 0.15) is 23.7 Å². The van der Waals surface area contributed by atoms with Gasteiger partial charge in [-0.1, -0.05) is 65.3 Å². The zero-order chi connectivity index (χ0) is 21.3. The number of nitrogens with zero attached hydrogens (tertiary/aromatic N) is 4. The largest absolute Gasteiger partial charge is 0.281 e. The summed E-state index contributed by atoms with van der Waals surface area (Å²) in [6.07, 6.45) is 0. The zero-order valence-electron chi connectivity index (χ0n) is 16.6. The number of aromatic nitrogens is 4. The molecule has 0 saturated carbocycles. The highest BCUT2D eigenvalue weighted by atomic mass is 35.5. The number of halogens is 2. The molecule has 154 valence electrons. The minimum absolute atomic E-state index is 0.115. The van der Waals surface area contributed by atoms with Crippen molar-refractivity contribution in [1.82, 2.24) is 19.3 Å². The molecule has 4 aromatic rings. The molecule has 0 bridgehead atoms. The molecule has 0 unspecified atom stereocenters. The van der Waals surface area contributed by atoms with Gasteiger partial charge in [0.25, 0.3) is 5.56 Å². The van der Waals surface area contributed by atoms with Gasteiger partial charge in [-0.25, -0.2) is 4.98 Å². The van der Waals surface area contributed by atoms with Crippen LogP contribution in [0.2, 0.25) is 10.0 Å². The fourth-order valence-electron chi connectivity index (χ4n) is 3.34. The normalized spacial score (nSPS) is 11.3. The lowest BCUT2D eigenvalue weighted by atomic mass is 10.2. The van der Waals surface area contributed by atoms with E-state index in [2.05, 4.69) is 5.10 Å². The maximum Gasteiger partial charge on any atom is 0.280 e. The molecule has 2 heterocycles. The molecule has 2 aromatic heterocycles. The minimum atomic E-state index is -0.115. The number of fused-ring (bicyclic) bond motifs is 1. The molecule has 2 aromatic carbocycles. The fraction of sp³-hybridized carbons (Fsp3) is 0.227. The van der Waals surface area contributed by atoms with Crippen molar-refractivity contribution < 1.29 is 0 Å². The van der Waals surface area contributed by atoms with Gasteiger partial charge < -0.3 is 0 Å². The smallest absolute Gasteiger partial charge is 0.280 e. The van der Waals surface area contributed by atoms with Crippen molar-refractivity contribution in [2.24, 2.45) is 0 Å². The standard InChI is InChI=1S/C22H20Cl2N4OS/c1-3-28-20-19(14(2)26-28)25-22(30-13-15-7-6-9-17(23)11-15)27(21(20)29)12-16-8-4-5-10-18(16)24/h4-11H,3,12-13H2,1-2H3. The first-order valence-corrected chi connectivity index (χ1v) is 11.3. The molecule has 0 aliphatic heterocycles. The minimum Gasteiger partial charge on any atom is -0.281 e. The van der Waals surface area contributed by atoms with Crippen molar-refractivity contribution in [3.63, 3.8) is 0 Å². The van der Waals surface area contributed by atoms with Crippen molar-refractivity contribution in [3.05, 3.63) is 85.8 Å². The summed E-state index contributed by atoms with van der Waals surface area (Å²) in [5.41, 5.74) is 3.73. The second-order valence-electron chi connectivity index (χ2n) is 6.89. The molecule has 0 radical (unpaired) electrons. The lowest BCUT2D eigenvalue weighted by Gasteiger charge is -2.14. The van der Waals surface area contributed by atoms with Gasteiger partial charge in [-0.3, -0.25) is 14.0 Å². The highest BCUT2D eigenvalue weighted by Crippen LogP contribution is 2.26. The number of hydrogen-bond acceptors (Lipinski definition) is 4. The molecule has 0 fully saturated rings. The van der Waals surface area contributed by atoms with Crippen molar-refractivity contribution in [3.8, 4) is 0 Å². The van der Waals surface area contributed by atoms with Crippen LogP contribution in [0.25, 0.3) is 11.0 Å². The molecule has 8 heteroatoms. The molecule has 4 rings (SSSR count). The third-order valence-corrected chi connectivity index (χ3v) is 6.48. The molecule has 0 saturated heterocycles. The number of thioether (sulfide) groups is 1. The van der Waals surface area contributed by atoms with Crippen LogP contribution in [0.15, 0.2) is 58.5 Å². The summed E-state index contributed by atoms with van der Waals surface area (Å²) in [4.78, 5) is 18.3. The number of aryl methyl sites for hydroxylation is 2. The molecular formula is C22H20Cl2N4OS. The summed E-state index contributed by atoms with van der Waals surface area (Å²) in [7, 11) is 0. The lowest BCUT2D eigenvalue weighted by molar-refractivity contribution is 0.636. The Labute approximate surface area is 188 Å². The van der Waals surface area contributed by atoms with Crippen molar-refractivity contribution in [2.75, 3.05) is 0 Å². The molecule has 5 nitrogen and oxygen atoms in total. The van der Waals surface area contributed by atoms with Gasteiger partial charge in [0, 0.05) is 22.3 Å². The van der Waals surface area contributed by atoms with E-state index in [4.69, 9.17) is 28.2 Å². The summed E-state index contributed by atoms with van der Waals surface area (Å²) < 4.78 is 3.40. The Morgan fingerprint density at radius 1 is 1.10 bits per heavy atom. The Hall–Kier alpha value is -2.28. The maximum atomic E-state index is 13.5. The predicted octanol–water partition coefficient (Wildman–Crippen LogP) is 5.57. The van der Waals surface area contributed by atoms with Crippen LogP contribution in [0.4, 0.5) is 0 Å². The van der Waals surface area contributed by atoms with E-state index in [9.17, 15) is 4.79 Å². The number of benzene rings is 2. The first-order chi connectivity index (χ1) is 14.5. The SMILES string of the molecule is CCn1nc(C)c2nc(SCc3cccc(Cl)c3)n(Cc3ccccc3Cl)c(=O)c21. The van der Waals surface area contributed by atoms with E-state index in [1.165, 1.54) is 11.8 Å². The fourth-order valence-corrected chi connectivity index (χ4v) is 4.68. The summed E-state index contributed by atoms with van der Waals surface area (Å²) in [6.45, 7) is 4.78. The van der Waals surface area contributed by atoms with Gasteiger partial charge >= 0.3 is 0 Å². The van der Waals surface area contributed by atoms with E-state index >= 15 is 0 Å². The topological polar surface area (TPSA) is 52.7 Å². The van der Waals surface area contributed by atoms with Gasteiger partial charge in [0.1, 0.15) is 5.52 Å². The van der Waals surface area contributed by atoms with Gasteiger partial charge in [-0.15, -0.1) is 0 Å². The quantitative estimate of drug-likeness (QED) is 0.280. The second kappa shape index (κ2) is 8.84. The Balaban J connectivity index is 1.83. The van der Waals surface area contributed by atoms with Gasteiger partial charge in [-0.05, 0) is 43.2 Å². The van der Waals surface area contributed by atoms with Gasteiger partial charge in [0.05, 0.1) is 12.2 Å². The zero-order valence-corrected chi connectivity index (χ0v) is 18.9. The second-order valence-corrected chi connectivity index (χ2v) is 8.68. The molecule has 0 spiro atoms. The van der Waals surface area contributed by atoms with E-state index in [0.717, 1.165) is 16.8 Å². The average Bonchev–Trinajstić information content (AvgIpc) is 3.06. The Kier molecular flexibility index (Phi) is 6.18. The summed E-state index contributed by atoms with van der Waals surface area (Å²) in [6, 6.07) is 15.2. The molecule has 0 aliphatic carbocycles. The summed E-state index contributed by atoms with van der Waals surface area (Å²) >= 11 is 14.0. The number of rotatable bonds is 6. The van der Waals surface area contributed by atoms with Crippen LogP contribution < -0.4 is 5.56 Å². The molecule has 0 atom stereocenters. The van der Waals surface area contributed by atoms with Crippen LogP contribution in [0.5, 0.6) is 0 Å². The van der Waals surface area contributed by atoms with E-state index in [1.54, 1.807) is 9.25 Å². The van der Waals surface area contributed by atoms with Crippen LogP contribution in [-0.4, -0.2) is 19.3 Å². The molecule has 0 N–H and O–H groups in total. The molecule has 30 heavy (non-hydrogen) atoms. The van der Waals surface area contributed by atoms with Gasteiger partial charge in [0.15, 0.2) is 10.7 Å². The van der Waals surface area contributed by atoms with E-state index in [-0.39, 0.29) is 5.56 Å². The van der Waals surface area contributed by atoms with Crippen LogP contribution >= 0.6 is 35.0 Å². The third kappa shape index (κ3) is 4.13. The van der Waals surface area contributed by atoms with Crippen molar-refractivity contribution >= 4 is 46.0 Å². The van der Waals surface area contributed by atoms with Crippen LogP contribution in [0.3, 0.4) is 0 Å². The van der Waals surface area contributed by atoms with Crippen molar-refractivity contribution in [1.29, 1.82) is 0 Å². The maximum absolute atomic E-state index is 13.5. The Morgan fingerprint density at radius 2 is 1.90 bits per heavy atom. The van der Waals surface area contributed by atoms with Gasteiger partial charge in [0.2, 0.25) is 0 Å². The number of hydrogen-bond donors (Lipinski definition) is 0. The van der Waals surface area contributed by atoms with Crippen LogP contribution in [-0.2, 0) is 18.8 Å². The summed E-state index contributed by atoms with van der Waals surface area (Å²) in [5, 5.41) is 6.43. The Bertz CT molecular complexity index is 1280. The van der Waals surface area contributed by atoms with E-state index in [0.29, 0.717) is 45.1 Å². The van der Waals surface area contributed by atoms with Crippen molar-refractivity contribution in [2.45, 2.75) is 37.8 Å². The van der Waals surface area contributed by atoms with Gasteiger partial charge in [-0.2, -0.15) is 5.10 Å². The first-order valence-electron chi connectivity index (χ1n) is 9.56. The highest BCUT2D eigenvalue weighted by Gasteiger charge is 2.19. The molecule has 0 aliphatic rings. The molecule has 0 amide bonds. The highest BCUT2D eigenvalue weighted by molar-refractivity contribution is 7.98.